The zero-order valence-corrected chi connectivity index (χ0v) is 14.8. The summed E-state index contributed by atoms with van der Waals surface area (Å²) in [6.07, 6.45) is 0. The Kier molecular flexibility index (Phi) is 5.38. The van der Waals surface area contributed by atoms with Gasteiger partial charge in [0, 0.05) is 10.6 Å². The van der Waals surface area contributed by atoms with Crippen molar-refractivity contribution in [3.05, 3.63) is 58.9 Å². The van der Waals surface area contributed by atoms with Crippen LogP contribution in [0.4, 0.5) is 0 Å². The Bertz CT molecular complexity index is 908. The highest BCUT2D eigenvalue weighted by atomic mass is 35.5. The van der Waals surface area contributed by atoms with Crippen LogP contribution in [0.1, 0.15) is 16.2 Å². The van der Waals surface area contributed by atoms with Gasteiger partial charge in [0.05, 0.1) is 19.8 Å². The van der Waals surface area contributed by atoms with E-state index in [2.05, 4.69) is 10.2 Å². The summed E-state index contributed by atoms with van der Waals surface area (Å²) in [6, 6.07) is 11.7. The van der Waals surface area contributed by atoms with Gasteiger partial charge in [-0.1, -0.05) is 11.6 Å². The van der Waals surface area contributed by atoms with Crippen LogP contribution in [0.25, 0.3) is 11.5 Å². The first-order valence-corrected chi connectivity index (χ1v) is 7.96. The van der Waals surface area contributed by atoms with E-state index in [-0.39, 0.29) is 12.5 Å². The minimum absolute atomic E-state index is 0.145. The van der Waals surface area contributed by atoms with E-state index in [0.29, 0.717) is 28.0 Å². The summed E-state index contributed by atoms with van der Waals surface area (Å²) in [5, 5.41) is 8.41. The van der Waals surface area contributed by atoms with Crippen molar-refractivity contribution >= 4 is 17.6 Å². The first kappa shape index (κ1) is 17.8. The van der Waals surface area contributed by atoms with Gasteiger partial charge in [0.15, 0.2) is 18.1 Å². The van der Waals surface area contributed by atoms with Crippen LogP contribution in [-0.2, 0) is 11.3 Å². The van der Waals surface area contributed by atoms with Crippen LogP contribution in [0.3, 0.4) is 0 Å². The summed E-state index contributed by atoms with van der Waals surface area (Å²) in [6.45, 7) is -0.145. The van der Waals surface area contributed by atoms with Gasteiger partial charge in [-0.25, -0.2) is 4.79 Å². The average molecular weight is 375 g/mol. The predicted molar refractivity (Wildman–Crippen MR) is 93.4 cm³/mol. The lowest BCUT2D eigenvalue weighted by Crippen LogP contribution is -2.06. The number of benzene rings is 2. The maximum atomic E-state index is 12.2. The van der Waals surface area contributed by atoms with Crippen LogP contribution in [0.2, 0.25) is 5.02 Å². The summed E-state index contributed by atoms with van der Waals surface area (Å²) in [5.74, 6) is 0.915. The van der Waals surface area contributed by atoms with E-state index in [9.17, 15) is 4.79 Å². The smallest absolute Gasteiger partial charge is 0.338 e. The number of nitrogens with zero attached hydrogens (tertiary/aromatic N) is 2. The van der Waals surface area contributed by atoms with Gasteiger partial charge in [-0.2, -0.15) is 0 Å². The van der Waals surface area contributed by atoms with E-state index in [1.807, 2.05) is 0 Å². The van der Waals surface area contributed by atoms with Gasteiger partial charge in [-0.3, -0.25) is 0 Å². The minimum Gasteiger partial charge on any atom is -0.493 e. The van der Waals surface area contributed by atoms with Crippen LogP contribution < -0.4 is 9.47 Å². The number of halogens is 1. The van der Waals surface area contributed by atoms with Gasteiger partial charge in [0.1, 0.15) is 0 Å². The molecule has 0 N–H and O–H groups in total. The number of carbonyl (C=O) groups is 1. The van der Waals surface area contributed by atoms with Crippen LogP contribution in [-0.4, -0.2) is 30.4 Å². The number of hydrogen-bond donors (Lipinski definition) is 0. The molecule has 0 saturated carbocycles. The lowest BCUT2D eigenvalue weighted by Gasteiger charge is -2.09. The molecule has 0 saturated heterocycles. The van der Waals surface area contributed by atoms with Crippen LogP contribution in [0.5, 0.6) is 11.5 Å². The molecule has 0 aliphatic rings. The Hall–Kier alpha value is -3.06. The molecule has 3 aromatic rings. The monoisotopic (exact) mass is 374 g/mol. The number of methoxy groups -OCH3 is 2. The molecule has 26 heavy (non-hydrogen) atoms. The largest absolute Gasteiger partial charge is 0.493 e. The van der Waals surface area contributed by atoms with Crippen molar-refractivity contribution in [2.45, 2.75) is 6.61 Å². The zero-order valence-electron chi connectivity index (χ0n) is 14.1. The third-order valence-corrected chi connectivity index (χ3v) is 3.76. The van der Waals surface area contributed by atoms with E-state index in [1.54, 1.807) is 36.4 Å². The first-order valence-electron chi connectivity index (χ1n) is 7.58. The molecule has 3 rings (SSSR count). The third kappa shape index (κ3) is 3.94. The second kappa shape index (κ2) is 7.88. The summed E-state index contributed by atoms with van der Waals surface area (Å²) in [5.41, 5.74) is 1.04. The van der Waals surface area contributed by atoms with Crippen LogP contribution >= 0.6 is 11.6 Å². The fourth-order valence-electron chi connectivity index (χ4n) is 2.19. The first-order chi connectivity index (χ1) is 12.6. The molecule has 0 spiro atoms. The van der Waals surface area contributed by atoms with Crippen LogP contribution in [0.15, 0.2) is 46.9 Å². The molecule has 0 fully saturated rings. The summed E-state index contributed by atoms with van der Waals surface area (Å²) in [4.78, 5) is 12.2. The normalized spacial score (nSPS) is 10.4. The molecular weight excluding hydrogens is 360 g/mol. The molecule has 7 nitrogen and oxygen atoms in total. The molecule has 0 aliphatic carbocycles. The number of rotatable bonds is 6. The SMILES string of the molecule is COc1ccc(C(=O)OCc2nnc(-c3ccc(Cl)cc3)o2)cc1OC. The minimum atomic E-state index is -0.544. The molecule has 0 bridgehead atoms. The standard InChI is InChI=1S/C18H15ClN2O5/c1-23-14-8-5-12(9-15(14)24-2)18(22)25-10-16-20-21-17(26-16)11-3-6-13(19)7-4-11/h3-9H,10H2,1-2H3. The maximum Gasteiger partial charge on any atom is 0.338 e. The summed E-state index contributed by atoms with van der Waals surface area (Å²) < 4.78 is 21.0. The fraction of sp³-hybridized carbons (Fsp3) is 0.167. The molecule has 0 amide bonds. The van der Waals surface area contributed by atoms with E-state index in [0.717, 1.165) is 5.56 Å². The lowest BCUT2D eigenvalue weighted by molar-refractivity contribution is 0.0438. The topological polar surface area (TPSA) is 83.7 Å². The van der Waals surface area contributed by atoms with Crippen LogP contribution in [0, 0.1) is 0 Å². The molecule has 0 atom stereocenters. The fourth-order valence-corrected chi connectivity index (χ4v) is 2.32. The van der Waals surface area contributed by atoms with Gasteiger partial charge in [0.25, 0.3) is 5.89 Å². The Morgan fingerprint density at radius 2 is 1.77 bits per heavy atom. The quantitative estimate of drug-likeness (QED) is 0.607. The highest BCUT2D eigenvalue weighted by Gasteiger charge is 2.14. The molecular formula is C18H15ClN2O5. The van der Waals surface area contributed by atoms with E-state index in [4.69, 9.17) is 30.2 Å². The number of esters is 1. The number of carbonyl (C=O) groups excluding carboxylic acids is 1. The Morgan fingerprint density at radius 3 is 2.46 bits per heavy atom. The Balaban J connectivity index is 1.66. The molecule has 0 radical (unpaired) electrons. The summed E-state index contributed by atoms with van der Waals surface area (Å²) in [7, 11) is 3.01. The molecule has 1 aromatic heterocycles. The summed E-state index contributed by atoms with van der Waals surface area (Å²) >= 11 is 5.85. The second-order valence-corrected chi connectivity index (χ2v) is 5.59. The average Bonchev–Trinajstić information content (AvgIpc) is 3.15. The molecule has 8 heteroatoms. The van der Waals surface area contributed by atoms with Gasteiger partial charge < -0.3 is 18.6 Å². The van der Waals surface area contributed by atoms with E-state index in [1.165, 1.54) is 20.3 Å². The molecule has 134 valence electrons. The highest BCUT2D eigenvalue weighted by molar-refractivity contribution is 6.30. The van der Waals surface area contributed by atoms with Gasteiger partial charge >= 0.3 is 5.97 Å². The van der Waals surface area contributed by atoms with Crippen molar-refractivity contribution < 1.29 is 23.4 Å². The Morgan fingerprint density at radius 1 is 1.04 bits per heavy atom. The lowest BCUT2D eigenvalue weighted by atomic mass is 10.2. The van der Waals surface area contributed by atoms with Crippen molar-refractivity contribution in [3.8, 4) is 23.0 Å². The van der Waals surface area contributed by atoms with Gasteiger partial charge in [0.2, 0.25) is 5.89 Å². The maximum absolute atomic E-state index is 12.2. The van der Waals surface area contributed by atoms with Crippen molar-refractivity contribution in [1.82, 2.24) is 10.2 Å². The number of hydrogen-bond acceptors (Lipinski definition) is 7. The van der Waals surface area contributed by atoms with Crippen molar-refractivity contribution in [3.63, 3.8) is 0 Å². The highest BCUT2D eigenvalue weighted by Crippen LogP contribution is 2.28. The zero-order chi connectivity index (χ0) is 18.5. The van der Waals surface area contributed by atoms with E-state index >= 15 is 0 Å². The van der Waals surface area contributed by atoms with Crippen molar-refractivity contribution in [2.75, 3.05) is 14.2 Å². The number of ether oxygens (including phenoxy) is 3. The second-order valence-electron chi connectivity index (χ2n) is 5.15. The Labute approximate surface area is 154 Å². The van der Waals surface area contributed by atoms with Crippen molar-refractivity contribution in [2.24, 2.45) is 0 Å². The van der Waals surface area contributed by atoms with E-state index < -0.39 is 5.97 Å². The predicted octanol–water partition coefficient (Wildman–Crippen LogP) is 3.76. The number of aromatic nitrogens is 2. The molecule has 1 heterocycles. The van der Waals surface area contributed by atoms with Gasteiger partial charge in [-0.15, -0.1) is 10.2 Å². The molecule has 2 aromatic carbocycles. The molecule has 0 aliphatic heterocycles. The third-order valence-electron chi connectivity index (χ3n) is 3.50. The van der Waals surface area contributed by atoms with Crippen molar-refractivity contribution in [1.29, 1.82) is 0 Å². The molecule has 0 unspecified atom stereocenters. The van der Waals surface area contributed by atoms with Gasteiger partial charge in [-0.05, 0) is 42.5 Å².